The molecule has 0 aromatic carbocycles. The number of alkyl halides is 1. The fourth-order valence-electron chi connectivity index (χ4n) is 5.87. The third-order valence-electron chi connectivity index (χ3n) is 7.42. The van der Waals surface area contributed by atoms with Crippen LogP contribution in [0.2, 0.25) is 0 Å². The summed E-state index contributed by atoms with van der Waals surface area (Å²) in [5.41, 5.74) is 0.124. The highest BCUT2D eigenvalue weighted by molar-refractivity contribution is 5.95. The fourth-order valence-corrected chi connectivity index (χ4v) is 5.87. The monoisotopic (exact) mass is 431 g/mol. The molecule has 0 aliphatic carbocycles. The van der Waals surface area contributed by atoms with Crippen LogP contribution in [-0.4, -0.2) is 70.5 Å². The molecule has 4 aliphatic heterocycles. The van der Waals surface area contributed by atoms with Crippen molar-refractivity contribution in [2.75, 3.05) is 37.7 Å². The summed E-state index contributed by atoms with van der Waals surface area (Å²) in [5, 5.41) is 0.519. The van der Waals surface area contributed by atoms with Gasteiger partial charge in [-0.25, -0.2) is 13.8 Å². The molecule has 31 heavy (non-hydrogen) atoms. The molecule has 4 aliphatic rings. The van der Waals surface area contributed by atoms with E-state index in [1.807, 2.05) is 0 Å². The average molecular weight is 431 g/mol. The van der Waals surface area contributed by atoms with Gasteiger partial charge in [-0.1, -0.05) is 0 Å². The van der Waals surface area contributed by atoms with Gasteiger partial charge in [0.1, 0.15) is 36.1 Å². The van der Waals surface area contributed by atoms with Gasteiger partial charge in [-0.2, -0.15) is 9.97 Å². The van der Waals surface area contributed by atoms with E-state index >= 15 is 4.39 Å². The zero-order valence-electron chi connectivity index (χ0n) is 17.7. The molecule has 0 spiro atoms. The fraction of sp³-hybridized carbons (Fsp3) is 0.682. The standard InChI is InChI=1S/C22H27F2N5O2/c1-13-17(24)18-16-19(29-8-3-2-5-15(29)11-30-20(16)25-13)27-21(26-18)31-12-22-6-4-7-28(22)10-14(23)9-22/h14-15H,2-12H2,1H3/t14-,15+,22+/m1/s1. The summed E-state index contributed by atoms with van der Waals surface area (Å²) in [6.45, 7) is 4.61. The number of anilines is 1. The molecule has 6 rings (SSSR count). The topological polar surface area (TPSA) is 63.6 Å². The molecule has 0 amide bonds. The van der Waals surface area contributed by atoms with Gasteiger partial charge in [-0.15, -0.1) is 0 Å². The minimum atomic E-state index is -0.828. The molecule has 6 heterocycles. The lowest BCUT2D eigenvalue weighted by atomic mass is 9.95. The predicted molar refractivity (Wildman–Crippen MR) is 111 cm³/mol. The average Bonchev–Trinajstić information content (AvgIpc) is 3.24. The quantitative estimate of drug-likeness (QED) is 0.740. The Morgan fingerprint density at radius 1 is 1.19 bits per heavy atom. The number of aryl methyl sites for hydroxylation is 1. The van der Waals surface area contributed by atoms with Crippen molar-refractivity contribution in [1.82, 2.24) is 19.9 Å². The lowest BCUT2D eigenvalue weighted by Crippen LogP contribution is -2.44. The van der Waals surface area contributed by atoms with Gasteiger partial charge in [0.05, 0.1) is 17.3 Å². The van der Waals surface area contributed by atoms with Crippen molar-refractivity contribution in [3.8, 4) is 11.9 Å². The van der Waals surface area contributed by atoms with Gasteiger partial charge >= 0.3 is 6.01 Å². The second-order valence-electron chi connectivity index (χ2n) is 9.39. The van der Waals surface area contributed by atoms with Crippen LogP contribution < -0.4 is 14.4 Å². The first-order valence-corrected chi connectivity index (χ1v) is 11.3. The van der Waals surface area contributed by atoms with E-state index in [2.05, 4.69) is 19.8 Å². The number of hydrogen-bond donors (Lipinski definition) is 0. The predicted octanol–water partition coefficient (Wildman–Crippen LogP) is 3.18. The second kappa shape index (κ2) is 7.12. The summed E-state index contributed by atoms with van der Waals surface area (Å²) >= 11 is 0. The third-order valence-corrected chi connectivity index (χ3v) is 7.42. The zero-order chi connectivity index (χ0) is 21.2. The Balaban J connectivity index is 1.41. The van der Waals surface area contributed by atoms with E-state index in [0.717, 1.165) is 45.2 Å². The number of pyridine rings is 1. The van der Waals surface area contributed by atoms with Gasteiger partial charge in [-0.05, 0) is 45.6 Å². The first kappa shape index (κ1) is 19.4. The highest BCUT2D eigenvalue weighted by Gasteiger charge is 2.49. The normalized spacial score (nSPS) is 30.1. The highest BCUT2D eigenvalue weighted by Crippen LogP contribution is 2.42. The Labute approximate surface area is 179 Å². The van der Waals surface area contributed by atoms with Gasteiger partial charge in [0, 0.05) is 19.5 Å². The lowest BCUT2D eigenvalue weighted by molar-refractivity contribution is 0.107. The molecule has 9 heteroatoms. The van der Waals surface area contributed by atoms with Crippen LogP contribution in [0.4, 0.5) is 14.6 Å². The van der Waals surface area contributed by atoms with Crippen molar-refractivity contribution in [3.05, 3.63) is 11.5 Å². The number of rotatable bonds is 3. The molecule has 0 unspecified atom stereocenters. The molecule has 3 fully saturated rings. The van der Waals surface area contributed by atoms with E-state index in [4.69, 9.17) is 14.5 Å². The number of hydrogen-bond acceptors (Lipinski definition) is 7. The Kier molecular flexibility index (Phi) is 4.45. The Bertz CT molecular complexity index is 1040. The van der Waals surface area contributed by atoms with Crippen LogP contribution in [0.1, 0.15) is 44.2 Å². The molecule has 0 bridgehead atoms. The van der Waals surface area contributed by atoms with Crippen LogP contribution in [0.25, 0.3) is 10.9 Å². The summed E-state index contributed by atoms with van der Waals surface area (Å²) in [7, 11) is 0. The number of halogens is 2. The summed E-state index contributed by atoms with van der Waals surface area (Å²) < 4.78 is 41.3. The first-order valence-electron chi connectivity index (χ1n) is 11.3. The van der Waals surface area contributed by atoms with Crippen LogP contribution in [0.5, 0.6) is 11.9 Å². The molecule has 0 saturated carbocycles. The molecule has 7 nitrogen and oxygen atoms in total. The van der Waals surface area contributed by atoms with Crippen LogP contribution >= 0.6 is 0 Å². The van der Waals surface area contributed by atoms with Gasteiger partial charge < -0.3 is 14.4 Å². The van der Waals surface area contributed by atoms with Crippen molar-refractivity contribution >= 4 is 16.7 Å². The van der Waals surface area contributed by atoms with E-state index < -0.39 is 12.0 Å². The number of aromatic nitrogens is 3. The largest absolute Gasteiger partial charge is 0.475 e. The van der Waals surface area contributed by atoms with Crippen molar-refractivity contribution in [1.29, 1.82) is 0 Å². The van der Waals surface area contributed by atoms with Gasteiger partial charge in [-0.3, -0.25) is 4.90 Å². The minimum absolute atomic E-state index is 0.146. The number of fused-ring (bicyclic) bond motifs is 3. The summed E-state index contributed by atoms with van der Waals surface area (Å²) in [5.74, 6) is 0.553. The second-order valence-corrected chi connectivity index (χ2v) is 9.39. The van der Waals surface area contributed by atoms with E-state index in [1.54, 1.807) is 6.92 Å². The van der Waals surface area contributed by atoms with Crippen molar-refractivity contribution in [2.45, 2.75) is 63.2 Å². The van der Waals surface area contributed by atoms with Crippen molar-refractivity contribution < 1.29 is 18.3 Å². The highest BCUT2D eigenvalue weighted by atomic mass is 19.1. The van der Waals surface area contributed by atoms with Crippen LogP contribution in [0.15, 0.2) is 0 Å². The van der Waals surface area contributed by atoms with E-state index in [0.29, 0.717) is 43.3 Å². The number of piperidine rings is 1. The molecule has 0 N–H and O–H groups in total. The SMILES string of the molecule is Cc1nc2c3c(nc(OC[C@@]45CCCN4C[C@H](F)C5)nc3c1F)N1CCCC[C@H]1CO2. The maximum atomic E-state index is 15.1. The maximum Gasteiger partial charge on any atom is 0.319 e. The van der Waals surface area contributed by atoms with Gasteiger partial charge in [0.15, 0.2) is 5.82 Å². The summed E-state index contributed by atoms with van der Waals surface area (Å²) in [4.78, 5) is 17.9. The first-order chi connectivity index (χ1) is 15.0. The van der Waals surface area contributed by atoms with Gasteiger partial charge in [0.2, 0.25) is 5.88 Å². The third kappa shape index (κ3) is 3.03. The smallest absolute Gasteiger partial charge is 0.319 e. The van der Waals surface area contributed by atoms with Crippen LogP contribution in [0, 0.1) is 12.7 Å². The minimum Gasteiger partial charge on any atom is -0.475 e. The molecular weight excluding hydrogens is 404 g/mol. The molecule has 0 radical (unpaired) electrons. The molecule has 2 aromatic rings. The summed E-state index contributed by atoms with van der Waals surface area (Å²) in [6.07, 6.45) is 4.75. The van der Waals surface area contributed by atoms with Crippen molar-refractivity contribution in [2.24, 2.45) is 0 Å². The molecular formula is C22H27F2N5O2. The zero-order valence-corrected chi connectivity index (χ0v) is 17.7. The number of ether oxygens (including phenoxy) is 2. The van der Waals surface area contributed by atoms with Gasteiger partial charge in [0.25, 0.3) is 0 Å². The summed E-state index contributed by atoms with van der Waals surface area (Å²) in [6, 6.07) is 0.316. The number of nitrogens with zero attached hydrogens (tertiary/aromatic N) is 5. The maximum absolute atomic E-state index is 15.1. The van der Waals surface area contributed by atoms with Crippen LogP contribution in [-0.2, 0) is 0 Å². The van der Waals surface area contributed by atoms with E-state index in [1.165, 1.54) is 0 Å². The van der Waals surface area contributed by atoms with E-state index in [-0.39, 0.29) is 28.8 Å². The molecule has 166 valence electrons. The van der Waals surface area contributed by atoms with E-state index in [9.17, 15) is 4.39 Å². The Morgan fingerprint density at radius 2 is 2.10 bits per heavy atom. The van der Waals surface area contributed by atoms with Crippen molar-refractivity contribution in [3.63, 3.8) is 0 Å². The lowest BCUT2D eigenvalue weighted by Gasteiger charge is -2.35. The molecule has 2 aromatic heterocycles. The molecule has 3 saturated heterocycles. The van der Waals surface area contributed by atoms with Crippen LogP contribution in [0.3, 0.4) is 0 Å². The Hall–Kier alpha value is -2.29. The molecule has 3 atom stereocenters. The Morgan fingerprint density at radius 3 is 3.00 bits per heavy atom.